The quantitative estimate of drug-likeness (QED) is 0.891. The average Bonchev–Trinajstić information content (AvgIpc) is 2.66. The zero-order chi connectivity index (χ0) is 11.5. The Balaban J connectivity index is 2.17. The summed E-state index contributed by atoms with van der Waals surface area (Å²) in [6.07, 6.45) is 0. The molecule has 1 aromatic carbocycles. The van der Waals surface area contributed by atoms with Crippen LogP contribution in [0.2, 0.25) is 0 Å². The lowest BCUT2D eigenvalue weighted by atomic mass is 10.3. The highest BCUT2D eigenvalue weighted by Gasteiger charge is 2.08. The number of aromatic carboxylic acids is 1. The smallest absolute Gasteiger partial charge is 0.346 e. The summed E-state index contributed by atoms with van der Waals surface area (Å²) < 4.78 is 18.1. The van der Waals surface area contributed by atoms with Crippen LogP contribution in [-0.4, -0.2) is 11.1 Å². The summed E-state index contributed by atoms with van der Waals surface area (Å²) >= 11 is 1.06. The van der Waals surface area contributed by atoms with E-state index < -0.39 is 11.8 Å². The molecule has 0 amide bonds. The number of benzene rings is 1. The van der Waals surface area contributed by atoms with Gasteiger partial charge in [0.2, 0.25) is 0 Å². The lowest BCUT2D eigenvalue weighted by Crippen LogP contribution is -1.90. The highest BCUT2D eigenvalue weighted by atomic mass is 32.1. The van der Waals surface area contributed by atoms with Gasteiger partial charge in [0, 0.05) is 17.5 Å². The summed E-state index contributed by atoms with van der Waals surface area (Å²) in [4.78, 5) is 10.8. The van der Waals surface area contributed by atoms with E-state index in [1.54, 1.807) is 11.4 Å². The van der Waals surface area contributed by atoms with Crippen LogP contribution in [0.5, 0.6) is 11.5 Å². The zero-order valence-electron chi connectivity index (χ0n) is 8.01. The second kappa shape index (κ2) is 4.32. The molecule has 0 fully saturated rings. The predicted octanol–water partition coefficient (Wildman–Crippen LogP) is 3.38. The number of carbonyl (C=O) groups is 1. The van der Waals surface area contributed by atoms with Gasteiger partial charge in [0.05, 0.1) is 0 Å². The van der Waals surface area contributed by atoms with Crippen LogP contribution in [0.25, 0.3) is 0 Å². The number of hydrogen-bond donors (Lipinski definition) is 1. The van der Waals surface area contributed by atoms with Gasteiger partial charge in [-0.2, -0.15) is 0 Å². The summed E-state index contributed by atoms with van der Waals surface area (Å²) in [5.41, 5.74) is 0. The maximum atomic E-state index is 12.8. The fraction of sp³-hybridized carbons (Fsp3) is 0. The van der Waals surface area contributed by atoms with Crippen molar-refractivity contribution in [2.24, 2.45) is 0 Å². The lowest BCUT2D eigenvalue weighted by molar-refractivity contribution is 0.0702. The molecule has 0 saturated heterocycles. The molecular weight excluding hydrogens is 231 g/mol. The molecule has 1 heterocycles. The summed E-state index contributed by atoms with van der Waals surface area (Å²) in [6.45, 7) is 0. The van der Waals surface area contributed by atoms with E-state index in [2.05, 4.69) is 0 Å². The van der Waals surface area contributed by atoms with Gasteiger partial charge >= 0.3 is 5.97 Å². The van der Waals surface area contributed by atoms with Gasteiger partial charge in [-0.3, -0.25) is 0 Å². The topological polar surface area (TPSA) is 46.5 Å². The van der Waals surface area contributed by atoms with Crippen LogP contribution in [0, 0.1) is 5.82 Å². The van der Waals surface area contributed by atoms with E-state index in [0.717, 1.165) is 11.3 Å². The summed E-state index contributed by atoms with van der Waals surface area (Å²) in [5, 5.41) is 10.3. The third kappa shape index (κ3) is 2.38. The van der Waals surface area contributed by atoms with Crippen LogP contribution in [0.4, 0.5) is 4.39 Å². The van der Waals surface area contributed by atoms with Crippen molar-refractivity contribution in [3.8, 4) is 11.5 Å². The Morgan fingerprint density at radius 3 is 2.75 bits per heavy atom. The molecule has 1 aromatic heterocycles. The minimum atomic E-state index is -1.00. The number of halogens is 1. The van der Waals surface area contributed by atoms with Crippen LogP contribution < -0.4 is 4.74 Å². The molecule has 0 atom stereocenters. The molecule has 82 valence electrons. The number of thiophene rings is 1. The molecule has 0 radical (unpaired) electrons. The molecule has 0 saturated carbocycles. The second-order valence-electron chi connectivity index (χ2n) is 3.01. The van der Waals surface area contributed by atoms with Crippen LogP contribution in [0.3, 0.4) is 0 Å². The molecule has 0 aliphatic rings. The Morgan fingerprint density at radius 2 is 2.12 bits per heavy atom. The van der Waals surface area contributed by atoms with Gasteiger partial charge < -0.3 is 9.84 Å². The van der Waals surface area contributed by atoms with Crippen LogP contribution in [0.1, 0.15) is 9.67 Å². The molecule has 0 unspecified atom stereocenters. The molecular formula is C11H7FO3S. The zero-order valence-corrected chi connectivity index (χ0v) is 8.83. The molecule has 0 spiro atoms. The van der Waals surface area contributed by atoms with Crippen molar-refractivity contribution < 1.29 is 19.0 Å². The first-order valence-electron chi connectivity index (χ1n) is 4.40. The van der Waals surface area contributed by atoms with Crippen molar-refractivity contribution >= 4 is 17.3 Å². The molecule has 0 bridgehead atoms. The lowest BCUT2D eigenvalue weighted by Gasteiger charge is -2.01. The van der Waals surface area contributed by atoms with E-state index in [1.807, 2.05) is 0 Å². The van der Waals surface area contributed by atoms with Crippen molar-refractivity contribution in [1.29, 1.82) is 0 Å². The predicted molar refractivity (Wildman–Crippen MR) is 57.8 cm³/mol. The van der Waals surface area contributed by atoms with Gasteiger partial charge in [0.1, 0.15) is 22.2 Å². The summed E-state index contributed by atoms with van der Waals surface area (Å²) in [6, 6.07) is 7.06. The number of carboxylic acids is 1. The normalized spacial score (nSPS) is 10.1. The second-order valence-corrected chi connectivity index (χ2v) is 3.92. The first kappa shape index (κ1) is 10.6. The molecule has 2 aromatic rings. The monoisotopic (exact) mass is 238 g/mol. The molecule has 3 nitrogen and oxygen atoms in total. The average molecular weight is 238 g/mol. The molecule has 0 aliphatic heterocycles. The Bertz CT molecular complexity index is 521. The molecule has 5 heteroatoms. The Hall–Kier alpha value is -1.88. The maximum absolute atomic E-state index is 12.8. The fourth-order valence-electron chi connectivity index (χ4n) is 1.15. The van der Waals surface area contributed by atoms with E-state index in [4.69, 9.17) is 9.84 Å². The molecule has 0 aliphatic carbocycles. The maximum Gasteiger partial charge on any atom is 0.346 e. The highest BCUT2D eigenvalue weighted by molar-refractivity contribution is 7.12. The Labute approximate surface area is 94.7 Å². The fourth-order valence-corrected chi connectivity index (χ4v) is 1.80. The van der Waals surface area contributed by atoms with Crippen molar-refractivity contribution in [1.82, 2.24) is 0 Å². The van der Waals surface area contributed by atoms with E-state index in [9.17, 15) is 9.18 Å². The van der Waals surface area contributed by atoms with E-state index in [-0.39, 0.29) is 4.88 Å². The minimum Gasteiger partial charge on any atom is -0.477 e. The third-order valence-corrected chi connectivity index (χ3v) is 2.71. The Kier molecular flexibility index (Phi) is 2.87. The standard InChI is InChI=1S/C11H7FO3S/c12-7-2-1-3-8(4-7)15-9-5-10(11(13)14)16-6-9/h1-6H,(H,13,14). The van der Waals surface area contributed by atoms with Crippen LogP contribution in [-0.2, 0) is 0 Å². The van der Waals surface area contributed by atoms with Crippen LogP contribution in [0.15, 0.2) is 35.7 Å². The van der Waals surface area contributed by atoms with Crippen molar-refractivity contribution in [3.05, 3.63) is 46.4 Å². The number of rotatable bonds is 3. The van der Waals surface area contributed by atoms with Crippen molar-refractivity contribution in [2.75, 3.05) is 0 Å². The van der Waals surface area contributed by atoms with Crippen molar-refractivity contribution in [2.45, 2.75) is 0 Å². The molecule has 2 rings (SSSR count). The Morgan fingerprint density at radius 1 is 1.31 bits per heavy atom. The SMILES string of the molecule is O=C(O)c1cc(Oc2cccc(F)c2)cs1. The van der Waals surface area contributed by atoms with E-state index >= 15 is 0 Å². The highest BCUT2D eigenvalue weighted by Crippen LogP contribution is 2.27. The third-order valence-electron chi connectivity index (χ3n) is 1.82. The van der Waals surface area contributed by atoms with Gasteiger partial charge in [-0.15, -0.1) is 11.3 Å². The number of carboxylic acid groups (broad SMARTS) is 1. The van der Waals surface area contributed by atoms with Gasteiger partial charge in [0.25, 0.3) is 0 Å². The molecule has 16 heavy (non-hydrogen) atoms. The van der Waals surface area contributed by atoms with Gasteiger partial charge in [-0.05, 0) is 12.1 Å². The van der Waals surface area contributed by atoms with Gasteiger partial charge in [-0.1, -0.05) is 6.07 Å². The summed E-state index contributed by atoms with van der Waals surface area (Å²) in [7, 11) is 0. The number of ether oxygens (including phenoxy) is 1. The largest absolute Gasteiger partial charge is 0.477 e. The van der Waals surface area contributed by atoms with E-state index in [1.165, 1.54) is 24.3 Å². The van der Waals surface area contributed by atoms with Crippen molar-refractivity contribution in [3.63, 3.8) is 0 Å². The van der Waals surface area contributed by atoms with Crippen LogP contribution >= 0.6 is 11.3 Å². The van der Waals surface area contributed by atoms with Gasteiger partial charge in [-0.25, -0.2) is 9.18 Å². The van der Waals surface area contributed by atoms with Gasteiger partial charge in [0.15, 0.2) is 0 Å². The summed E-state index contributed by atoms with van der Waals surface area (Å²) in [5.74, 6) is -0.659. The molecule has 1 N–H and O–H groups in total. The minimum absolute atomic E-state index is 0.186. The first-order valence-corrected chi connectivity index (χ1v) is 5.28. The first-order chi connectivity index (χ1) is 7.65. The van der Waals surface area contributed by atoms with E-state index in [0.29, 0.717) is 11.5 Å². The number of hydrogen-bond acceptors (Lipinski definition) is 3.